The smallest absolute Gasteiger partial charge is 0.250 e. The average Bonchev–Trinajstić information content (AvgIpc) is 2.88. The Morgan fingerprint density at radius 1 is 1.00 bits per heavy atom. The molecule has 7 nitrogen and oxygen atoms in total. The normalized spacial score (nSPS) is 17.9. The van der Waals surface area contributed by atoms with E-state index in [1.54, 1.807) is 12.1 Å². The van der Waals surface area contributed by atoms with Crippen LogP contribution in [0, 0.1) is 5.82 Å². The average molecular weight is 477 g/mol. The largest absolute Gasteiger partial charge is 0.456 e. The number of hydrogen-bond acceptors (Lipinski definition) is 6. The van der Waals surface area contributed by atoms with E-state index in [4.69, 9.17) is 9.47 Å². The number of nitrogens with zero attached hydrogens (tertiary/aromatic N) is 1. The Bertz CT molecular complexity index is 1300. The molecule has 1 aromatic heterocycles. The number of ether oxygens (including phenoxy) is 2. The fourth-order valence-corrected chi connectivity index (χ4v) is 5.20. The molecule has 0 spiro atoms. The molecule has 4 heterocycles. The fourth-order valence-electron chi connectivity index (χ4n) is 5.20. The van der Waals surface area contributed by atoms with Crippen LogP contribution in [-0.2, 0) is 11.2 Å². The van der Waals surface area contributed by atoms with E-state index in [-0.39, 0.29) is 11.1 Å². The second-order valence-corrected chi connectivity index (χ2v) is 9.40. The van der Waals surface area contributed by atoms with Gasteiger partial charge in [-0.15, -0.1) is 0 Å². The summed E-state index contributed by atoms with van der Waals surface area (Å²) in [6, 6.07) is 13.2. The SMILES string of the molecule is O=c1cc(N2CCOCC2)cc(-c2c(F)ccc3c2Oc2ccc(NC4CCNCC4)cc2C3)[nH]1. The highest BCUT2D eigenvalue weighted by molar-refractivity contribution is 5.75. The van der Waals surface area contributed by atoms with Gasteiger partial charge in [-0.3, -0.25) is 4.79 Å². The van der Waals surface area contributed by atoms with Crippen molar-refractivity contribution < 1.29 is 13.9 Å². The molecule has 0 radical (unpaired) electrons. The molecular weight excluding hydrogens is 447 g/mol. The fraction of sp³-hybridized carbons (Fsp3) is 0.370. The molecule has 182 valence electrons. The maximum atomic E-state index is 15.2. The van der Waals surface area contributed by atoms with Crippen molar-refractivity contribution in [2.75, 3.05) is 49.6 Å². The summed E-state index contributed by atoms with van der Waals surface area (Å²) in [7, 11) is 0. The number of piperidine rings is 1. The van der Waals surface area contributed by atoms with Gasteiger partial charge in [0.2, 0.25) is 5.56 Å². The van der Waals surface area contributed by atoms with Crippen LogP contribution in [0.5, 0.6) is 11.5 Å². The number of rotatable bonds is 4. The number of halogens is 1. The molecule has 8 heteroatoms. The topological polar surface area (TPSA) is 78.6 Å². The molecule has 3 aliphatic rings. The molecule has 0 atom stereocenters. The van der Waals surface area contributed by atoms with E-state index in [2.05, 4.69) is 26.6 Å². The molecule has 3 aliphatic heterocycles. The van der Waals surface area contributed by atoms with Crippen molar-refractivity contribution in [1.29, 1.82) is 0 Å². The molecule has 0 aliphatic carbocycles. The number of aromatic amines is 1. The van der Waals surface area contributed by atoms with Gasteiger partial charge in [-0.2, -0.15) is 0 Å². The highest BCUT2D eigenvalue weighted by Gasteiger charge is 2.25. The Morgan fingerprint density at radius 3 is 2.66 bits per heavy atom. The second kappa shape index (κ2) is 9.36. The molecule has 35 heavy (non-hydrogen) atoms. The number of fused-ring (bicyclic) bond motifs is 2. The van der Waals surface area contributed by atoms with Gasteiger partial charge in [0.1, 0.15) is 17.3 Å². The highest BCUT2D eigenvalue weighted by atomic mass is 19.1. The first kappa shape index (κ1) is 22.1. The van der Waals surface area contributed by atoms with E-state index < -0.39 is 5.82 Å². The number of aromatic nitrogens is 1. The quantitative estimate of drug-likeness (QED) is 0.415. The predicted molar refractivity (Wildman–Crippen MR) is 134 cm³/mol. The van der Waals surface area contributed by atoms with Crippen molar-refractivity contribution in [2.24, 2.45) is 0 Å². The van der Waals surface area contributed by atoms with Crippen LogP contribution in [-0.4, -0.2) is 50.4 Å². The summed E-state index contributed by atoms with van der Waals surface area (Å²) < 4.78 is 26.9. The first-order chi connectivity index (χ1) is 17.1. The molecule has 2 aromatic carbocycles. The molecule has 2 saturated heterocycles. The highest BCUT2D eigenvalue weighted by Crippen LogP contribution is 2.44. The number of anilines is 2. The van der Waals surface area contributed by atoms with Crippen LogP contribution in [0.3, 0.4) is 0 Å². The van der Waals surface area contributed by atoms with Crippen LogP contribution < -0.4 is 25.8 Å². The van der Waals surface area contributed by atoms with E-state index in [0.29, 0.717) is 56.0 Å². The second-order valence-electron chi connectivity index (χ2n) is 9.40. The zero-order valence-corrected chi connectivity index (χ0v) is 19.5. The molecule has 2 fully saturated rings. The third-order valence-corrected chi connectivity index (χ3v) is 7.03. The molecule has 0 saturated carbocycles. The molecule has 0 amide bonds. The Morgan fingerprint density at radius 2 is 1.83 bits per heavy atom. The van der Waals surface area contributed by atoms with Gasteiger partial charge < -0.3 is 30.0 Å². The van der Waals surface area contributed by atoms with Crippen molar-refractivity contribution in [1.82, 2.24) is 10.3 Å². The van der Waals surface area contributed by atoms with Crippen molar-refractivity contribution in [3.63, 3.8) is 0 Å². The number of H-pyrrole nitrogens is 1. The molecular formula is C27H29FN4O3. The number of morpholine rings is 1. The Balaban J connectivity index is 1.32. The lowest BCUT2D eigenvalue weighted by atomic mass is 9.95. The third-order valence-electron chi connectivity index (χ3n) is 7.03. The van der Waals surface area contributed by atoms with Crippen LogP contribution in [0.15, 0.2) is 47.3 Å². The summed E-state index contributed by atoms with van der Waals surface area (Å²) in [5.74, 6) is 0.754. The Labute approximate surface area is 203 Å². The van der Waals surface area contributed by atoms with E-state index in [0.717, 1.165) is 48.4 Å². The first-order valence-electron chi connectivity index (χ1n) is 12.3. The van der Waals surface area contributed by atoms with Crippen molar-refractivity contribution in [3.8, 4) is 22.8 Å². The molecule has 0 unspecified atom stereocenters. The Kier molecular flexibility index (Phi) is 5.91. The van der Waals surface area contributed by atoms with Crippen molar-refractivity contribution >= 4 is 11.4 Å². The standard InChI is InChI=1S/C27H29FN4O3/c28-22-3-1-17-13-18-14-20(30-19-5-7-29-8-6-19)2-4-24(18)35-27(17)26(22)23-15-21(16-25(33)31-23)32-9-11-34-12-10-32/h1-4,14-16,19,29-30H,5-13H2,(H,31,33). The summed E-state index contributed by atoms with van der Waals surface area (Å²) >= 11 is 0. The van der Waals surface area contributed by atoms with Crippen LogP contribution in [0.1, 0.15) is 24.0 Å². The van der Waals surface area contributed by atoms with Gasteiger partial charge in [0.05, 0.1) is 24.5 Å². The summed E-state index contributed by atoms with van der Waals surface area (Å²) in [4.78, 5) is 17.4. The molecule has 3 N–H and O–H groups in total. The minimum absolute atomic E-state index is 0.272. The minimum atomic E-state index is -0.425. The predicted octanol–water partition coefficient (Wildman–Crippen LogP) is 3.88. The van der Waals surface area contributed by atoms with Crippen LogP contribution >= 0.6 is 0 Å². The zero-order chi connectivity index (χ0) is 23.8. The lowest BCUT2D eigenvalue weighted by Crippen LogP contribution is -2.36. The van der Waals surface area contributed by atoms with Gasteiger partial charge in [0.25, 0.3) is 0 Å². The molecule has 0 bridgehead atoms. The van der Waals surface area contributed by atoms with Gasteiger partial charge in [0, 0.05) is 54.1 Å². The molecule has 6 rings (SSSR count). The maximum Gasteiger partial charge on any atom is 0.250 e. The van der Waals surface area contributed by atoms with E-state index in [1.807, 2.05) is 18.2 Å². The number of hydrogen-bond donors (Lipinski definition) is 3. The van der Waals surface area contributed by atoms with Gasteiger partial charge in [-0.1, -0.05) is 6.07 Å². The summed E-state index contributed by atoms with van der Waals surface area (Å²) in [6.45, 7) is 4.65. The lowest BCUT2D eigenvalue weighted by molar-refractivity contribution is 0.122. The van der Waals surface area contributed by atoms with Crippen LogP contribution in [0.25, 0.3) is 11.3 Å². The van der Waals surface area contributed by atoms with Crippen LogP contribution in [0.2, 0.25) is 0 Å². The lowest BCUT2D eigenvalue weighted by Gasteiger charge is -2.29. The van der Waals surface area contributed by atoms with Gasteiger partial charge in [-0.05, 0) is 56.3 Å². The van der Waals surface area contributed by atoms with E-state index in [1.165, 1.54) is 6.07 Å². The first-order valence-corrected chi connectivity index (χ1v) is 12.3. The Hall–Kier alpha value is -3.36. The van der Waals surface area contributed by atoms with Gasteiger partial charge >= 0.3 is 0 Å². The molecule has 3 aromatic rings. The number of nitrogens with one attached hydrogen (secondary N) is 3. The minimum Gasteiger partial charge on any atom is -0.456 e. The number of benzene rings is 2. The monoisotopic (exact) mass is 476 g/mol. The third kappa shape index (κ3) is 4.51. The zero-order valence-electron chi connectivity index (χ0n) is 19.5. The van der Waals surface area contributed by atoms with E-state index in [9.17, 15) is 4.79 Å². The summed E-state index contributed by atoms with van der Waals surface area (Å²) in [5, 5.41) is 7.03. The van der Waals surface area contributed by atoms with Crippen LogP contribution in [0.4, 0.5) is 15.8 Å². The summed E-state index contributed by atoms with van der Waals surface area (Å²) in [5.41, 5.74) is 4.22. The van der Waals surface area contributed by atoms with Crippen molar-refractivity contribution in [2.45, 2.75) is 25.3 Å². The van der Waals surface area contributed by atoms with Gasteiger partial charge in [0.15, 0.2) is 0 Å². The number of pyridine rings is 1. The summed E-state index contributed by atoms with van der Waals surface area (Å²) in [6.07, 6.45) is 2.83. The van der Waals surface area contributed by atoms with Crippen molar-refractivity contribution in [3.05, 3.63) is 69.8 Å². The van der Waals surface area contributed by atoms with Gasteiger partial charge in [-0.25, -0.2) is 4.39 Å². The maximum absolute atomic E-state index is 15.2. The van der Waals surface area contributed by atoms with E-state index >= 15 is 4.39 Å².